The summed E-state index contributed by atoms with van der Waals surface area (Å²) < 4.78 is 318. The molecule has 0 radical (unpaired) electrons. The first kappa shape index (κ1) is 17.5. The Hall–Kier alpha value is -7.42. The third-order valence-electron chi connectivity index (χ3n) is 13.4. The lowest BCUT2D eigenvalue weighted by molar-refractivity contribution is 0.125. The predicted octanol–water partition coefficient (Wildman–Crippen LogP) is 17.6. The first-order valence-corrected chi connectivity index (χ1v) is 20.3. The highest BCUT2D eigenvalue weighted by atomic mass is 15.1. The van der Waals surface area contributed by atoms with Gasteiger partial charge in [-0.25, -0.2) is 0 Å². The Bertz CT molecular complexity index is 5250. The van der Waals surface area contributed by atoms with Crippen molar-refractivity contribution in [1.82, 2.24) is 4.57 Å². The second-order valence-corrected chi connectivity index (χ2v) is 17.1. The Balaban J connectivity index is 1.30. The molecule has 0 fully saturated rings. The largest absolute Gasteiger partial charge is 0.311 e. The fourth-order valence-corrected chi connectivity index (χ4v) is 8.91. The van der Waals surface area contributed by atoms with Crippen LogP contribution in [0.15, 0.2) is 205 Å². The van der Waals surface area contributed by atoms with E-state index < -0.39 is 300 Å². The van der Waals surface area contributed by atoms with Crippen LogP contribution in [0.2, 0.25) is 0 Å². The van der Waals surface area contributed by atoms with Crippen molar-refractivity contribution in [3.05, 3.63) is 217 Å². The summed E-state index contributed by atoms with van der Waals surface area (Å²) in [5, 5.41) is -2.15. The number of anilines is 3. The van der Waals surface area contributed by atoms with E-state index in [0.29, 0.717) is 4.90 Å². The molecule has 0 saturated heterocycles. The Labute approximate surface area is 430 Å². The summed E-state index contributed by atoms with van der Waals surface area (Å²) in [5.74, 6) is 0. The number of aromatic nitrogens is 1. The van der Waals surface area contributed by atoms with E-state index >= 15 is 0 Å². The average molecular weight is 871 g/mol. The molecular formula is C63H52N2. The van der Waals surface area contributed by atoms with Gasteiger partial charge >= 0.3 is 0 Å². The minimum atomic E-state index is -1.31. The zero-order valence-corrected chi connectivity index (χ0v) is 35.4. The summed E-state index contributed by atoms with van der Waals surface area (Å²) >= 11 is 0. The lowest BCUT2D eigenvalue weighted by Crippen LogP contribution is -2.42. The summed E-state index contributed by atoms with van der Waals surface area (Å²) in [6.45, 7) is 10.7. The summed E-state index contributed by atoms with van der Waals surface area (Å²) in [5.41, 5.74) is -13.5. The number of rotatable bonds is 7. The van der Waals surface area contributed by atoms with Gasteiger partial charge in [-0.05, 0) is 137 Å². The molecule has 0 bridgehead atoms. The van der Waals surface area contributed by atoms with Crippen LogP contribution in [0, 0.1) is 5.41 Å². The minimum absolute atomic E-state index is 0.0958. The van der Waals surface area contributed by atoms with E-state index in [1.54, 1.807) is 27.7 Å². The van der Waals surface area contributed by atoms with Crippen LogP contribution in [0.4, 0.5) is 17.1 Å². The van der Waals surface area contributed by atoms with Gasteiger partial charge in [-0.15, -0.1) is 0 Å². The number of nitrogens with zero attached hydrogens (tertiary/aromatic N) is 2. The topological polar surface area (TPSA) is 8.17 Å². The van der Waals surface area contributed by atoms with Crippen LogP contribution in [-0.2, 0) is 10.8 Å². The summed E-state index contributed by atoms with van der Waals surface area (Å²) in [7, 11) is 0. The van der Waals surface area contributed by atoms with E-state index in [2.05, 4.69) is 0 Å². The highest BCUT2D eigenvalue weighted by Crippen LogP contribution is 2.62. The van der Waals surface area contributed by atoms with Crippen LogP contribution in [0.5, 0.6) is 0 Å². The van der Waals surface area contributed by atoms with Gasteiger partial charge in [-0.2, -0.15) is 0 Å². The van der Waals surface area contributed by atoms with E-state index in [0.717, 1.165) is 4.57 Å². The molecule has 65 heavy (non-hydrogen) atoms. The number of fused-ring (bicyclic) bond motifs is 4. The van der Waals surface area contributed by atoms with Gasteiger partial charge in [0.05, 0.1) is 63.3 Å². The molecule has 11 aromatic rings. The second kappa shape index (κ2) is 14.3. The first-order chi connectivity index (χ1) is 45.7. The van der Waals surface area contributed by atoms with Gasteiger partial charge in [0.25, 0.3) is 0 Å². The average Bonchev–Trinajstić information content (AvgIpc) is 1.51. The lowest BCUT2D eigenvalue weighted by Gasteiger charge is -2.44. The Morgan fingerprint density at radius 1 is 0.369 bits per heavy atom. The van der Waals surface area contributed by atoms with Gasteiger partial charge < -0.3 is 9.47 Å². The molecule has 0 spiro atoms. The summed E-state index contributed by atoms with van der Waals surface area (Å²) in [6.07, 6.45) is 0. The number of hydrogen-bond acceptors (Lipinski definition) is 1. The van der Waals surface area contributed by atoms with Gasteiger partial charge in [0.15, 0.2) is 0 Å². The van der Waals surface area contributed by atoms with Gasteiger partial charge in [0, 0.05) is 33.4 Å². The van der Waals surface area contributed by atoms with Crippen molar-refractivity contribution in [1.29, 1.82) is 0 Å². The summed E-state index contributed by atoms with van der Waals surface area (Å²) in [6, 6.07) is -34.0. The third kappa shape index (κ3) is 5.73. The van der Waals surface area contributed by atoms with Crippen molar-refractivity contribution in [2.24, 2.45) is 5.41 Å². The highest BCUT2D eigenvalue weighted by molar-refractivity contribution is 6.34. The molecule has 0 aliphatic heterocycles. The molecule has 1 aromatic heterocycles. The van der Waals surface area contributed by atoms with E-state index in [1.807, 2.05) is 13.8 Å². The Kier molecular flexibility index (Phi) is 3.85. The van der Waals surface area contributed by atoms with E-state index in [-0.39, 0.29) is 32.7 Å². The zero-order chi connectivity index (χ0) is 73.8. The van der Waals surface area contributed by atoms with Crippen molar-refractivity contribution in [2.75, 3.05) is 4.90 Å². The standard InChI is InChI=1S/C63H52N2/c1-61(2)54-39-53(58(40-55(54)62(3,4)63(61,5)6)65-56-25-15-23-51-49-21-13-14-22-50(49)52-24-16-26-57(65)60(52)59(51)56)45-31-37-48(38-32-45)64(46-33-27-43(28-34-46)41-17-9-7-10-18-41)47-35-29-44(30-36-47)42-19-11-8-12-20-42/h7-40H,1-6H3/i7D,8D,9D,10D,11D,12D,13D,14D,15D,16D,17D,18D,19D,20D,21D,22D,23D,24D,25D,26D,27D,28D,29D,30D,31D,32D,33D,34D,35D,36D,37D,38D,39D,40D. The van der Waals surface area contributed by atoms with Crippen molar-refractivity contribution in [2.45, 2.75) is 52.4 Å². The molecule has 12 rings (SSSR count). The van der Waals surface area contributed by atoms with Crippen LogP contribution in [0.1, 0.15) is 99.3 Å². The van der Waals surface area contributed by atoms with Crippen molar-refractivity contribution >= 4 is 60.4 Å². The van der Waals surface area contributed by atoms with E-state index in [9.17, 15) is 30.2 Å². The molecule has 314 valence electrons. The molecular weight excluding hydrogens is 785 g/mol. The fraction of sp³-hybridized carbons (Fsp3) is 0.143. The molecule has 2 heteroatoms. The molecule has 0 saturated carbocycles. The third-order valence-corrected chi connectivity index (χ3v) is 13.4. The normalized spacial score (nSPS) is 22.3. The molecule has 1 aliphatic rings. The Morgan fingerprint density at radius 3 is 1.18 bits per heavy atom. The Morgan fingerprint density at radius 2 is 0.738 bits per heavy atom. The molecule has 0 unspecified atom stereocenters. The maximum absolute atomic E-state index is 10.7. The summed E-state index contributed by atoms with van der Waals surface area (Å²) in [4.78, 5) is 0.314. The van der Waals surface area contributed by atoms with Crippen LogP contribution < -0.4 is 4.90 Å². The monoisotopic (exact) mass is 871 g/mol. The lowest BCUT2D eigenvalue weighted by atomic mass is 9.59. The van der Waals surface area contributed by atoms with E-state index in [1.165, 1.54) is 0 Å². The van der Waals surface area contributed by atoms with Crippen LogP contribution >= 0.6 is 0 Å². The van der Waals surface area contributed by atoms with Crippen molar-refractivity contribution < 1.29 is 46.6 Å². The quantitative estimate of drug-likeness (QED) is 0.145. The van der Waals surface area contributed by atoms with Gasteiger partial charge in [-0.3, -0.25) is 0 Å². The predicted molar refractivity (Wildman–Crippen MR) is 278 cm³/mol. The SMILES string of the molecule is [2H]c1c([2H])c([2H])c(-c2c([2H])c([2H])c(N(c3c([2H])c([2H])c(-c4c([2H])c([2H])c([2H])c([2H])c4[2H])c([2H])c3[2H])c3c([2H])c([2H])c(-c4c([2H])c5c(c([2H])c4-n4c6c([2H])c([2H])c([2H])c7c8c([2H])c([2H])c([2H])c([2H])c8c8c([2H])c([2H])c([2H])c4c8c76)C(C)(C)C(C)(C)C5(C)C)c([2H])c3[2H])c([2H])c2[2H])c([2H])c1[2H]. The second-order valence-electron chi connectivity index (χ2n) is 17.1. The van der Waals surface area contributed by atoms with Gasteiger partial charge in [-0.1, -0.05) is 187 Å². The molecule has 0 N–H and O–H groups in total. The minimum Gasteiger partial charge on any atom is -0.311 e. The van der Waals surface area contributed by atoms with Crippen LogP contribution in [0.3, 0.4) is 0 Å². The number of benzene rings is 10. The van der Waals surface area contributed by atoms with E-state index in [4.69, 9.17) is 16.4 Å². The van der Waals surface area contributed by atoms with Gasteiger partial charge in [0.1, 0.15) is 0 Å². The van der Waals surface area contributed by atoms with Crippen molar-refractivity contribution in [3.63, 3.8) is 0 Å². The smallest absolute Gasteiger partial charge is 0.0648 e. The van der Waals surface area contributed by atoms with Gasteiger partial charge in [0.2, 0.25) is 0 Å². The molecule has 1 heterocycles. The maximum atomic E-state index is 10.7. The highest BCUT2D eigenvalue weighted by Gasteiger charge is 2.57. The zero-order valence-electron chi connectivity index (χ0n) is 69.4. The fourth-order valence-electron chi connectivity index (χ4n) is 8.91. The number of hydrogen-bond donors (Lipinski definition) is 0. The first-order valence-electron chi connectivity index (χ1n) is 37.3. The molecule has 0 amide bonds. The van der Waals surface area contributed by atoms with Crippen LogP contribution in [0.25, 0.3) is 82.4 Å². The maximum Gasteiger partial charge on any atom is 0.0648 e. The van der Waals surface area contributed by atoms with Crippen molar-refractivity contribution in [3.8, 4) is 39.1 Å². The molecule has 1 aliphatic carbocycles. The molecule has 10 aromatic carbocycles. The molecule has 0 atom stereocenters. The van der Waals surface area contributed by atoms with Crippen LogP contribution in [-0.4, -0.2) is 4.57 Å². The molecule has 2 nitrogen and oxygen atoms in total.